The van der Waals surface area contributed by atoms with Crippen LogP contribution < -0.4 is 0 Å². The summed E-state index contributed by atoms with van der Waals surface area (Å²) < 4.78 is 25.9. The third-order valence-corrected chi connectivity index (χ3v) is 3.12. The van der Waals surface area contributed by atoms with Crippen LogP contribution >= 0.6 is 0 Å². The number of hydrogen-bond acceptors (Lipinski definition) is 5. The fourth-order valence-corrected chi connectivity index (χ4v) is 1.99. The molecule has 0 amide bonds. The zero-order valence-electron chi connectivity index (χ0n) is 13.2. The van der Waals surface area contributed by atoms with Gasteiger partial charge in [-0.3, -0.25) is 9.97 Å². The molecular formula is C17H12F2IrN6. The monoisotopic (exact) mass is 531 g/mol. The normalized spacial score (nSPS) is 9.62. The molecule has 4 aromatic rings. The third kappa shape index (κ3) is 5.05. The number of nitrogens with one attached hydrogen (secondary N) is 1. The van der Waals surface area contributed by atoms with Crippen LogP contribution in [0.4, 0.5) is 8.78 Å². The number of aromatic amines is 1. The molecule has 9 heteroatoms. The summed E-state index contributed by atoms with van der Waals surface area (Å²) in [5.74, 6) is -0.587. The van der Waals surface area contributed by atoms with Crippen molar-refractivity contribution in [3.8, 4) is 22.8 Å². The minimum Gasteiger partial charge on any atom is -0.256 e. The Morgan fingerprint density at radius 2 is 1.50 bits per heavy atom. The average Bonchev–Trinajstić information content (AvgIpc) is 3.19. The molecule has 133 valence electrons. The van der Waals surface area contributed by atoms with E-state index >= 15 is 0 Å². The maximum absolute atomic E-state index is 13.3. The Morgan fingerprint density at radius 1 is 0.808 bits per heavy atom. The van der Waals surface area contributed by atoms with Crippen LogP contribution in [0.3, 0.4) is 0 Å². The first-order valence-corrected chi connectivity index (χ1v) is 7.25. The van der Waals surface area contributed by atoms with Crippen LogP contribution in [0.25, 0.3) is 22.8 Å². The van der Waals surface area contributed by atoms with E-state index in [-0.39, 0.29) is 20.1 Å². The largest absolute Gasteiger partial charge is 0.256 e. The van der Waals surface area contributed by atoms with Gasteiger partial charge < -0.3 is 0 Å². The molecule has 0 bridgehead atoms. The van der Waals surface area contributed by atoms with Gasteiger partial charge in [-0.05, 0) is 46.8 Å². The van der Waals surface area contributed by atoms with Gasteiger partial charge in [0.1, 0.15) is 17.3 Å². The molecule has 4 rings (SSSR count). The number of H-pyrrole nitrogens is 1. The van der Waals surface area contributed by atoms with E-state index < -0.39 is 11.6 Å². The number of tetrazole rings is 1. The summed E-state index contributed by atoms with van der Waals surface area (Å²) in [6.45, 7) is 0. The Labute approximate surface area is 161 Å². The number of aromatic nitrogens is 6. The van der Waals surface area contributed by atoms with Crippen molar-refractivity contribution >= 4 is 0 Å². The van der Waals surface area contributed by atoms with Crippen LogP contribution in [0.2, 0.25) is 0 Å². The predicted molar refractivity (Wildman–Crippen MR) is 87.0 cm³/mol. The van der Waals surface area contributed by atoms with Gasteiger partial charge in [-0.25, -0.2) is 13.9 Å². The minimum atomic E-state index is -0.594. The fraction of sp³-hybridized carbons (Fsp3) is 0. The van der Waals surface area contributed by atoms with Crippen molar-refractivity contribution in [2.24, 2.45) is 0 Å². The summed E-state index contributed by atoms with van der Waals surface area (Å²) >= 11 is 0. The maximum atomic E-state index is 13.3. The standard InChI is InChI=1S/C11H7F2N.C6H5N5.Ir/c12-8-4-5-9(10(13)7-8)11-3-1-2-6-14-11;1-2-4-7-5(3-1)6-8-10-11-9-6;/h1-7H;1-4H,(H,8,9,10,11);. The first kappa shape index (κ1) is 19.4. The molecule has 0 fully saturated rings. The van der Waals surface area contributed by atoms with Crippen molar-refractivity contribution in [1.82, 2.24) is 30.6 Å². The second-order valence-electron chi connectivity index (χ2n) is 4.80. The third-order valence-electron chi connectivity index (χ3n) is 3.12. The molecule has 1 N–H and O–H groups in total. The van der Waals surface area contributed by atoms with E-state index in [1.165, 1.54) is 12.1 Å². The van der Waals surface area contributed by atoms with E-state index in [1.807, 2.05) is 18.2 Å². The van der Waals surface area contributed by atoms with Crippen LogP contribution in [-0.4, -0.2) is 30.6 Å². The van der Waals surface area contributed by atoms with Gasteiger partial charge in [-0.2, -0.15) is 0 Å². The molecule has 6 nitrogen and oxygen atoms in total. The van der Waals surface area contributed by atoms with E-state index in [2.05, 4.69) is 30.6 Å². The first-order valence-electron chi connectivity index (χ1n) is 7.25. The number of pyridine rings is 2. The zero-order valence-corrected chi connectivity index (χ0v) is 15.6. The summed E-state index contributed by atoms with van der Waals surface area (Å²) in [5.41, 5.74) is 1.56. The average molecular weight is 531 g/mol. The predicted octanol–water partition coefficient (Wildman–Crippen LogP) is 3.29. The van der Waals surface area contributed by atoms with Crippen molar-refractivity contribution in [2.75, 3.05) is 0 Å². The van der Waals surface area contributed by atoms with Crippen molar-refractivity contribution in [3.63, 3.8) is 0 Å². The minimum absolute atomic E-state index is 0. The second-order valence-corrected chi connectivity index (χ2v) is 4.80. The van der Waals surface area contributed by atoms with Gasteiger partial charge in [0, 0.05) is 44.1 Å². The van der Waals surface area contributed by atoms with Gasteiger partial charge in [0.15, 0.2) is 5.82 Å². The van der Waals surface area contributed by atoms with Crippen LogP contribution in [0.1, 0.15) is 0 Å². The van der Waals surface area contributed by atoms with Crippen molar-refractivity contribution in [2.45, 2.75) is 0 Å². The Morgan fingerprint density at radius 3 is 2.04 bits per heavy atom. The molecule has 0 saturated carbocycles. The summed E-state index contributed by atoms with van der Waals surface area (Å²) in [7, 11) is 0. The van der Waals surface area contributed by atoms with Gasteiger partial charge in [-0.15, -0.1) is 5.10 Å². The molecule has 0 aliphatic rings. The number of benzene rings is 1. The molecule has 0 spiro atoms. The molecule has 3 aromatic heterocycles. The molecule has 1 aromatic carbocycles. The molecule has 0 unspecified atom stereocenters. The Hall–Kier alpha value is -2.90. The maximum Gasteiger partial charge on any atom is 0.198 e. The molecule has 0 saturated heterocycles. The van der Waals surface area contributed by atoms with E-state index in [0.717, 1.165) is 11.8 Å². The Kier molecular flexibility index (Phi) is 7.13. The SMILES string of the molecule is Fc1ccc(-c2ccccn2)c(F)c1.[Ir].c1ccc(-c2nnn[nH]2)nc1. The smallest absolute Gasteiger partial charge is 0.198 e. The zero-order chi connectivity index (χ0) is 17.5. The van der Waals surface area contributed by atoms with E-state index in [4.69, 9.17) is 0 Å². The number of halogens is 2. The molecule has 3 heterocycles. The summed E-state index contributed by atoms with van der Waals surface area (Å²) in [5, 5.41) is 13.2. The number of hydrogen-bond donors (Lipinski definition) is 1. The van der Waals surface area contributed by atoms with E-state index in [1.54, 1.807) is 30.6 Å². The molecule has 0 atom stereocenters. The van der Waals surface area contributed by atoms with Crippen LogP contribution in [0.15, 0.2) is 67.0 Å². The van der Waals surface area contributed by atoms with Gasteiger partial charge >= 0.3 is 0 Å². The van der Waals surface area contributed by atoms with E-state index in [9.17, 15) is 8.78 Å². The number of rotatable bonds is 2. The number of nitrogens with zero attached hydrogens (tertiary/aromatic N) is 5. The molecule has 0 aliphatic heterocycles. The van der Waals surface area contributed by atoms with Crippen molar-refractivity contribution in [1.29, 1.82) is 0 Å². The summed E-state index contributed by atoms with van der Waals surface area (Å²) in [4.78, 5) is 8.02. The van der Waals surface area contributed by atoms with Gasteiger partial charge in [0.25, 0.3) is 0 Å². The van der Waals surface area contributed by atoms with Crippen LogP contribution in [0, 0.1) is 11.6 Å². The molecule has 1 radical (unpaired) electrons. The van der Waals surface area contributed by atoms with Crippen molar-refractivity contribution in [3.05, 3.63) is 78.6 Å². The Balaban J connectivity index is 0.000000184. The summed E-state index contributed by atoms with van der Waals surface area (Å²) in [6.07, 6.45) is 3.26. The molecule has 0 aliphatic carbocycles. The van der Waals surface area contributed by atoms with E-state index in [0.29, 0.717) is 17.1 Å². The topological polar surface area (TPSA) is 80.2 Å². The first-order chi connectivity index (χ1) is 12.2. The van der Waals surface area contributed by atoms with Gasteiger partial charge in [0.05, 0.1) is 5.69 Å². The van der Waals surface area contributed by atoms with Crippen LogP contribution in [0.5, 0.6) is 0 Å². The quantitative estimate of drug-likeness (QED) is 0.430. The Bertz CT molecular complexity index is 921. The van der Waals surface area contributed by atoms with Gasteiger partial charge in [-0.1, -0.05) is 12.1 Å². The summed E-state index contributed by atoms with van der Waals surface area (Å²) in [6, 6.07) is 14.2. The van der Waals surface area contributed by atoms with Crippen molar-refractivity contribution < 1.29 is 28.9 Å². The molecular weight excluding hydrogens is 518 g/mol. The van der Waals surface area contributed by atoms with Gasteiger partial charge in [0.2, 0.25) is 0 Å². The second kappa shape index (κ2) is 9.55. The van der Waals surface area contributed by atoms with Crippen LogP contribution in [-0.2, 0) is 20.1 Å². The fourth-order valence-electron chi connectivity index (χ4n) is 1.99. The molecule has 26 heavy (non-hydrogen) atoms.